The lowest BCUT2D eigenvalue weighted by Crippen LogP contribution is -1.95. The molecule has 0 radical (unpaired) electrons. The van der Waals surface area contributed by atoms with Crippen LogP contribution >= 0.6 is 34.0 Å². The standard InChI is InChI=1S/C7H5Cl2NO2S2/c1-12-4-2-3(8)5(9)7-6(4)10-14(11)13-7/h2,10H,1H3. The number of fused-ring (bicyclic) bond motifs is 1. The summed E-state index contributed by atoms with van der Waals surface area (Å²) in [4.78, 5) is 0.675. The van der Waals surface area contributed by atoms with Crippen LogP contribution in [-0.4, -0.2) is 11.3 Å². The molecule has 1 aliphatic heterocycles. The molecule has 1 atom stereocenters. The largest absolute Gasteiger partial charge is 0.494 e. The van der Waals surface area contributed by atoms with Gasteiger partial charge in [0.2, 0.25) is 0 Å². The number of benzene rings is 1. The van der Waals surface area contributed by atoms with E-state index in [2.05, 4.69) is 4.72 Å². The summed E-state index contributed by atoms with van der Waals surface area (Å²) in [5, 5.41) is 0.807. The summed E-state index contributed by atoms with van der Waals surface area (Å²) < 4.78 is 19.1. The van der Waals surface area contributed by atoms with Crippen LogP contribution in [0.5, 0.6) is 5.75 Å². The number of halogens is 2. The molecule has 0 aliphatic carbocycles. The maximum Gasteiger partial charge on any atom is 0.184 e. The maximum atomic E-state index is 11.2. The highest BCUT2D eigenvalue weighted by atomic mass is 35.5. The predicted octanol–water partition coefficient (Wildman–Crippen LogP) is 3.10. The van der Waals surface area contributed by atoms with Crippen molar-refractivity contribution in [3.05, 3.63) is 16.1 Å². The monoisotopic (exact) mass is 269 g/mol. The second-order valence-electron chi connectivity index (χ2n) is 2.50. The summed E-state index contributed by atoms with van der Waals surface area (Å²) in [6.45, 7) is 0. The van der Waals surface area contributed by atoms with Gasteiger partial charge in [0.05, 0.1) is 22.1 Å². The third-order valence-electron chi connectivity index (χ3n) is 1.70. The van der Waals surface area contributed by atoms with Crippen LogP contribution in [0.4, 0.5) is 5.69 Å². The molecular formula is C7H5Cl2NO2S2. The van der Waals surface area contributed by atoms with Crippen LogP contribution in [0.2, 0.25) is 10.0 Å². The molecule has 7 heteroatoms. The van der Waals surface area contributed by atoms with Crippen molar-refractivity contribution < 1.29 is 8.95 Å². The maximum absolute atomic E-state index is 11.2. The zero-order valence-electron chi connectivity index (χ0n) is 6.97. The molecule has 0 saturated heterocycles. The van der Waals surface area contributed by atoms with Crippen LogP contribution in [0.25, 0.3) is 0 Å². The van der Waals surface area contributed by atoms with Gasteiger partial charge >= 0.3 is 0 Å². The summed E-state index contributed by atoms with van der Waals surface area (Å²) >= 11 is 11.8. The summed E-state index contributed by atoms with van der Waals surface area (Å²) in [7, 11) is 1.44. The molecule has 0 amide bonds. The highest BCUT2D eigenvalue weighted by Gasteiger charge is 2.26. The Morgan fingerprint density at radius 3 is 2.93 bits per heavy atom. The topological polar surface area (TPSA) is 38.3 Å². The Morgan fingerprint density at radius 1 is 1.57 bits per heavy atom. The lowest BCUT2D eigenvalue weighted by atomic mass is 10.3. The first kappa shape index (κ1) is 10.4. The fourth-order valence-electron chi connectivity index (χ4n) is 1.10. The Labute approximate surface area is 97.1 Å². The molecule has 1 aromatic rings. The molecule has 0 fully saturated rings. The summed E-state index contributed by atoms with van der Waals surface area (Å²) in [6.07, 6.45) is 0. The molecule has 0 bridgehead atoms. The number of nitrogens with one attached hydrogen (secondary N) is 1. The molecule has 0 spiro atoms. The van der Waals surface area contributed by atoms with Crippen molar-refractivity contribution in [2.75, 3.05) is 11.8 Å². The van der Waals surface area contributed by atoms with Gasteiger partial charge < -0.3 is 4.74 Å². The number of hydrogen-bond donors (Lipinski definition) is 1. The Kier molecular flexibility index (Phi) is 2.83. The quantitative estimate of drug-likeness (QED) is 0.797. The van der Waals surface area contributed by atoms with Gasteiger partial charge in [-0.05, 0) is 0 Å². The Balaban J connectivity index is 2.65. The first-order chi connectivity index (χ1) is 6.63. The van der Waals surface area contributed by atoms with E-state index in [-0.39, 0.29) is 0 Å². The van der Waals surface area contributed by atoms with E-state index in [0.29, 0.717) is 26.4 Å². The van der Waals surface area contributed by atoms with Crippen LogP contribution < -0.4 is 9.46 Å². The summed E-state index contributed by atoms with van der Waals surface area (Å²) in [5.74, 6) is 0.549. The third-order valence-corrected chi connectivity index (χ3v) is 4.91. The van der Waals surface area contributed by atoms with Gasteiger partial charge in [0.1, 0.15) is 11.4 Å². The van der Waals surface area contributed by atoms with Gasteiger partial charge in [-0.25, -0.2) is 4.21 Å². The molecule has 76 valence electrons. The van der Waals surface area contributed by atoms with Crippen LogP contribution in [0.1, 0.15) is 0 Å². The third kappa shape index (κ3) is 1.58. The number of rotatable bonds is 1. The van der Waals surface area contributed by atoms with E-state index in [1.54, 1.807) is 6.07 Å². The van der Waals surface area contributed by atoms with E-state index in [1.807, 2.05) is 0 Å². The fourth-order valence-corrected chi connectivity index (χ4v) is 4.12. The van der Waals surface area contributed by atoms with Crippen molar-refractivity contribution >= 4 is 49.7 Å². The molecule has 0 aromatic heterocycles. The molecule has 1 aromatic carbocycles. The molecule has 14 heavy (non-hydrogen) atoms. The molecule has 1 unspecified atom stereocenters. The van der Waals surface area contributed by atoms with Gasteiger partial charge in [-0.1, -0.05) is 23.2 Å². The predicted molar refractivity (Wildman–Crippen MR) is 60.6 cm³/mol. The van der Waals surface area contributed by atoms with Crippen LogP contribution in [0, 0.1) is 0 Å². The minimum atomic E-state index is -1.21. The van der Waals surface area contributed by atoms with Crippen molar-refractivity contribution in [1.29, 1.82) is 0 Å². The number of anilines is 1. The number of methoxy groups -OCH3 is 1. The second-order valence-corrected chi connectivity index (χ2v) is 5.94. The smallest absolute Gasteiger partial charge is 0.184 e. The minimum absolute atomic E-state index is 0.399. The van der Waals surface area contributed by atoms with Crippen LogP contribution in [0.15, 0.2) is 11.0 Å². The molecule has 1 aliphatic rings. The first-order valence-electron chi connectivity index (χ1n) is 3.56. The van der Waals surface area contributed by atoms with E-state index in [1.165, 1.54) is 7.11 Å². The highest BCUT2D eigenvalue weighted by molar-refractivity contribution is 8.70. The summed E-state index contributed by atoms with van der Waals surface area (Å²) in [6, 6.07) is 1.60. The lowest BCUT2D eigenvalue weighted by molar-refractivity contribution is 0.416. The van der Waals surface area contributed by atoms with Gasteiger partial charge in [-0.15, -0.1) is 0 Å². The average molecular weight is 270 g/mol. The first-order valence-corrected chi connectivity index (χ1v) is 6.80. The molecule has 2 rings (SSSR count). The van der Waals surface area contributed by atoms with Gasteiger partial charge in [-0.3, -0.25) is 4.72 Å². The molecular weight excluding hydrogens is 265 g/mol. The molecule has 3 nitrogen and oxygen atoms in total. The zero-order chi connectivity index (χ0) is 10.3. The van der Waals surface area contributed by atoms with Gasteiger partial charge in [-0.2, -0.15) is 0 Å². The number of ether oxygens (including phenoxy) is 1. The van der Waals surface area contributed by atoms with Crippen molar-refractivity contribution in [1.82, 2.24) is 0 Å². The van der Waals surface area contributed by atoms with Crippen LogP contribution in [-0.2, 0) is 10.0 Å². The van der Waals surface area contributed by atoms with Crippen molar-refractivity contribution in [2.24, 2.45) is 0 Å². The van der Waals surface area contributed by atoms with E-state index < -0.39 is 10.0 Å². The van der Waals surface area contributed by atoms with E-state index in [4.69, 9.17) is 27.9 Å². The molecule has 1 heterocycles. The van der Waals surface area contributed by atoms with Gasteiger partial charge in [0, 0.05) is 16.9 Å². The summed E-state index contributed by atoms with van der Waals surface area (Å²) in [5.41, 5.74) is 0.644. The fraction of sp³-hybridized carbons (Fsp3) is 0.143. The van der Waals surface area contributed by atoms with E-state index in [9.17, 15) is 4.21 Å². The van der Waals surface area contributed by atoms with E-state index >= 15 is 0 Å². The SMILES string of the molecule is COc1cc(Cl)c(Cl)c2c1NS(=O)S2. The second kappa shape index (κ2) is 3.81. The Hall–Kier alpha value is -0.100. The average Bonchev–Trinajstić information content (AvgIpc) is 2.54. The Morgan fingerprint density at radius 2 is 2.29 bits per heavy atom. The lowest BCUT2D eigenvalue weighted by Gasteiger charge is -2.07. The Bertz CT molecular complexity index is 425. The normalized spacial score (nSPS) is 18.9. The zero-order valence-corrected chi connectivity index (χ0v) is 10.1. The molecule has 0 saturated carbocycles. The van der Waals surface area contributed by atoms with Crippen molar-refractivity contribution in [3.8, 4) is 5.75 Å². The van der Waals surface area contributed by atoms with Crippen LogP contribution in [0.3, 0.4) is 0 Å². The van der Waals surface area contributed by atoms with Gasteiger partial charge in [0.25, 0.3) is 0 Å². The van der Waals surface area contributed by atoms with Crippen molar-refractivity contribution in [3.63, 3.8) is 0 Å². The minimum Gasteiger partial charge on any atom is -0.494 e. The van der Waals surface area contributed by atoms with Crippen molar-refractivity contribution in [2.45, 2.75) is 4.90 Å². The molecule has 1 N–H and O–H groups in total. The highest BCUT2D eigenvalue weighted by Crippen LogP contribution is 2.50. The van der Waals surface area contributed by atoms with E-state index in [0.717, 1.165) is 10.8 Å². The number of hydrogen-bond acceptors (Lipinski definition) is 3. The van der Waals surface area contributed by atoms with Gasteiger partial charge in [0.15, 0.2) is 10.0 Å².